The van der Waals surface area contributed by atoms with Gasteiger partial charge in [-0.25, -0.2) is 0 Å². The van der Waals surface area contributed by atoms with Gasteiger partial charge in [-0.15, -0.1) is 0 Å². The quantitative estimate of drug-likeness (QED) is 0.679. The molecule has 0 spiro atoms. The van der Waals surface area contributed by atoms with Crippen LogP contribution in [0, 0.1) is 0 Å². The fourth-order valence-electron chi connectivity index (χ4n) is 2.64. The molecule has 4 rings (SSSR count). The first-order chi connectivity index (χ1) is 11.9. The highest BCUT2D eigenvalue weighted by Crippen LogP contribution is 2.22. The van der Waals surface area contributed by atoms with Gasteiger partial charge in [-0.2, -0.15) is 9.97 Å². The van der Waals surface area contributed by atoms with E-state index in [9.17, 15) is 0 Å². The van der Waals surface area contributed by atoms with Gasteiger partial charge in [0, 0.05) is 43.3 Å². The minimum Gasteiger partial charge on any atom is -0.381 e. The first-order valence-electron chi connectivity index (χ1n) is 8.02. The highest BCUT2D eigenvalue weighted by Gasteiger charge is 2.23. The molecule has 0 bridgehead atoms. The maximum atomic E-state index is 5.35. The molecule has 8 heteroatoms. The lowest BCUT2D eigenvalue weighted by atomic mass is 10.1. The van der Waals surface area contributed by atoms with Crippen LogP contribution in [-0.2, 0) is 17.6 Å². The summed E-state index contributed by atoms with van der Waals surface area (Å²) in [6, 6.07) is 3.70. The van der Waals surface area contributed by atoms with Gasteiger partial charge in [-0.1, -0.05) is 10.3 Å². The van der Waals surface area contributed by atoms with Crippen molar-refractivity contribution in [1.29, 1.82) is 0 Å². The molecule has 4 heterocycles. The molecule has 0 aliphatic carbocycles. The number of ether oxygens (including phenoxy) is 1. The average molecular weight is 327 g/mol. The van der Waals surface area contributed by atoms with Crippen molar-refractivity contribution >= 4 is 0 Å². The summed E-state index contributed by atoms with van der Waals surface area (Å²) in [6.45, 7) is 1.45. The molecule has 0 saturated carbocycles. The van der Waals surface area contributed by atoms with Gasteiger partial charge < -0.3 is 13.8 Å². The monoisotopic (exact) mass is 327 g/mol. The fraction of sp³-hybridized carbons (Fsp3) is 0.438. The van der Waals surface area contributed by atoms with Crippen molar-refractivity contribution in [1.82, 2.24) is 25.3 Å². The molecule has 3 aromatic heterocycles. The van der Waals surface area contributed by atoms with Crippen LogP contribution in [0.4, 0.5) is 0 Å². The van der Waals surface area contributed by atoms with Crippen molar-refractivity contribution in [3.8, 4) is 11.4 Å². The lowest BCUT2D eigenvalue weighted by Crippen LogP contribution is -2.00. The molecule has 0 N–H and O–H groups in total. The minimum atomic E-state index is 0.265. The predicted molar refractivity (Wildman–Crippen MR) is 82.0 cm³/mol. The number of hydrogen-bond donors (Lipinski definition) is 0. The first-order valence-corrected chi connectivity index (χ1v) is 8.02. The predicted octanol–water partition coefficient (Wildman–Crippen LogP) is 2.19. The van der Waals surface area contributed by atoms with Crippen molar-refractivity contribution < 1.29 is 13.8 Å². The van der Waals surface area contributed by atoms with Crippen molar-refractivity contribution in [2.45, 2.75) is 31.6 Å². The maximum Gasteiger partial charge on any atom is 0.226 e. The fourth-order valence-corrected chi connectivity index (χ4v) is 2.64. The molecule has 1 aliphatic heterocycles. The number of aromatic nitrogens is 5. The number of nitrogens with zero attached hydrogens (tertiary/aromatic N) is 5. The van der Waals surface area contributed by atoms with Crippen LogP contribution in [0.2, 0.25) is 0 Å². The summed E-state index contributed by atoms with van der Waals surface area (Å²) in [5, 5.41) is 8.03. The number of rotatable bonds is 6. The molecule has 0 amide bonds. The van der Waals surface area contributed by atoms with Crippen LogP contribution in [0.3, 0.4) is 0 Å². The second-order valence-electron chi connectivity index (χ2n) is 5.71. The van der Waals surface area contributed by atoms with Gasteiger partial charge in [0.25, 0.3) is 0 Å². The second kappa shape index (κ2) is 6.88. The van der Waals surface area contributed by atoms with E-state index in [0.29, 0.717) is 37.1 Å². The van der Waals surface area contributed by atoms with Gasteiger partial charge in [0.2, 0.25) is 17.6 Å². The smallest absolute Gasteiger partial charge is 0.226 e. The molecule has 3 aromatic rings. The molecule has 24 heavy (non-hydrogen) atoms. The van der Waals surface area contributed by atoms with Crippen LogP contribution in [0.1, 0.15) is 36.4 Å². The van der Waals surface area contributed by atoms with Gasteiger partial charge in [0.05, 0.1) is 6.61 Å². The molecule has 0 unspecified atom stereocenters. The topological polar surface area (TPSA) is 100.0 Å². The Kier molecular flexibility index (Phi) is 4.28. The van der Waals surface area contributed by atoms with E-state index in [0.717, 1.165) is 30.8 Å². The van der Waals surface area contributed by atoms with E-state index in [1.165, 1.54) is 0 Å². The van der Waals surface area contributed by atoms with Crippen molar-refractivity contribution in [2.75, 3.05) is 13.2 Å². The van der Waals surface area contributed by atoms with Gasteiger partial charge in [-0.05, 0) is 25.0 Å². The molecular weight excluding hydrogens is 310 g/mol. The largest absolute Gasteiger partial charge is 0.381 e. The molecule has 1 aliphatic rings. The van der Waals surface area contributed by atoms with E-state index in [4.69, 9.17) is 13.8 Å². The van der Waals surface area contributed by atoms with Crippen molar-refractivity contribution in [3.63, 3.8) is 0 Å². The molecular formula is C16H17N5O3. The van der Waals surface area contributed by atoms with Crippen LogP contribution in [-0.4, -0.2) is 38.5 Å². The third-order valence-corrected chi connectivity index (χ3v) is 3.97. The van der Waals surface area contributed by atoms with E-state index < -0.39 is 0 Å². The van der Waals surface area contributed by atoms with E-state index in [-0.39, 0.29) is 5.92 Å². The summed E-state index contributed by atoms with van der Waals surface area (Å²) in [7, 11) is 0. The minimum absolute atomic E-state index is 0.265. The van der Waals surface area contributed by atoms with Gasteiger partial charge >= 0.3 is 0 Å². The Morgan fingerprint density at radius 3 is 2.58 bits per heavy atom. The SMILES string of the molecule is c1cc(-c2noc(CCCc3nc([C@H]4CCOC4)no3)n2)ccn1. The van der Waals surface area contributed by atoms with Gasteiger partial charge in [0.15, 0.2) is 5.82 Å². The van der Waals surface area contributed by atoms with E-state index in [1.807, 2.05) is 12.1 Å². The number of hydrogen-bond acceptors (Lipinski definition) is 8. The Morgan fingerprint density at radius 1 is 1.00 bits per heavy atom. The molecule has 0 aromatic carbocycles. The lowest BCUT2D eigenvalue weighted by Gasteiger charge is -1.97. The maximum absolute atomic E-state index is 5.35. The molecule has 8 nitrogen and oxygen atoms in total. The standard InChI is InChI=1S/C16H17N5O3/c1(3-14-19-16(21-24-14)12-6-9-22-10-12)2-13-18-15(20-23-13)11-4-7-17-8-5-11/h4-5,7-8,12H,1-3,6,9-10H2/t12-/m0/s1. The zero-order valence-corrected chi connectivity index (χ0v) is 13.1. The van der Waals surface area contributed by atoms with E-state index in [2.05, 4.69) is 25.3 Å². The first kappa shape index (κ1) is 14.9. The third kappa shape index (κ3) is 3.33. The molecule has 1 saturated heterocycles. The van der Waals surface area contributed by atoms with Crippen LogP contribution < -0.4 is 0 Å². The lowest BCUT2D eigenvalue weighted by molar-refractivity contribution is 0.192. The molecule has 0 radical (unpaired) electrons. The van der Waals surface area contributed by atoms with Gasteiger partial charge in [-0.3, -0.25) is 4.98 Å². The summed E-state index contributed by atoms with van der Waals surface area (Å²) < 4.78 is 15.9. The van der Waals surface area contributed by atoms with Crippen LogP contribution in [0.5, 0.6) is 0 Å². The van der Waals surface area contributed by atoms with E-state index in [1.54, 1.807) is 12.4 Å². The average Bonchev–Trinajstić information content (AvgIpc) is 3.37. The number of pyridine rings is 1. The highest BCUT2D eigenvalue weighted by atomic mass is 16.5. The summed E-state index contributed by atoms with van der Waals surface area (Å²) in [5.74, 6) is 2.84. The van der Waals surface area contributed by atoms with Crippen LogP contribution >= 0.6 is 0 Å². The highest BCUT2D eigenvalue weighted by molar-refractivity contribution is 5.52. The van der Waals surface area contributed by atoms with Crippen molar-refractivity contribution in [2.24, 2.45) is 0 Å². The van der Waals surface area contributed by atoms with Crippen LogP contribution in [0.25, 0.3) is 11.4 Å². The Morgan fingerprint density at radius 2 is 1.79 bits per heavy atom. The summed E-state index contributed by atoms with van der Waals surface area (Å²) in [6.07, 6.45) is 6.53. The van der Waals surface area contributed by atoms with E-state index >= 15 is 0 Å². The van der Waals surface area contributed by atoms with Crippen molar-refractivity contribution in [3.05, 3.63) is 42.1 Å². The third-order valence-electron chi connectivity index (χ3n) is 3.97. The molecule has 124 valence electrons. The zero-order valence-electron chi connectivity index (χ0n) is 13.1. The normalized spacial score (nSPS) is 17.4. The summed E-state index contributed by atoms with van der Waals surface area (Å²) in [4.78, 5) is 12.8. The Bertz CT molecular complexity index is 780. The Hall–Kier alpha value is -2.61. The summed E-state index contributed by atoms with van der Waals surface area (Å²) in [5.41, 5.74) is 0.889. The number of aryl methyl sites for hydroxylation is 2. The Balaban J connectivity index is 1.31. The molecule has 1 atom stereocenters. The van der Waals surface area contributed by atoms with Gasteiger partial charge in [0.1, 0.15) is 0 Å². The summed E-state index contributed by atoms with van der Waals surface area (Å²) >= 11 is 0. The van der Waals surface area contributed by atoms with Crippen LogP contribution in [0.15, 0.2) is 33.6 Å². The second-order valence-corrected chi connectivity index (χ2v) is 5.71. The zero-order chi connectivity index (χ0) is 16.2. The molecule has 1 fully saturated rings. The Labute approximate surface area is 138 Å².